The maximum atomic E-state index is 10.8. The lowest BCUT2D eigenvalue weighted by Crippen LogP contribution is -2.11. The molecule has 22 heavy (non-hydrogen) atoms. The Balaban J connectivity index is 0.000000220. The van der Waals surface area contributed by atoms with Crippen molar-refractivity contribution >= 4 is 38.6 Å². The van der Waals surface area contributed by atoms with E-state index in [0.717, 1.165) is 14.7 Å². The van der Waals surface area contributed by atoms with Crippen molar-refractivity contribution in [2.45, 2.75) is 18.2 Å². The molecule has 0 aliphatic carbocycles. The van der Waals surface area contributed by atoms with Gasteiger partial charge in [0.25, 0.3) is 0 Å². The summed E-state index contributed by atoms with van der Waals surface area (Å²) in [5.74, 6) is -0.783. The summed E-state index contributed by atoms with van der Waals surface area (Å²) < 4.78 is 22.5. The molecule has 2 aromatic carbocycles. The van der Waals surface area contributed by atoms with E-state index >= 15 is 0 Å². The van der Waals surface area contributed by atoms with Gasteiger partial charge in [0.05, 0.1) is 11.3 Å². The molecule has 0 heterocycles. The van der Waals surface area contributed by atoms with E-state index in [-0.39, 0.29) is 11.3 Å². The maximum Gasteiger partial charge on any atom is 0.307 e. The molecule has 3 N–H and O–H groups in total. The molecule has 5 nitrogen and oxygen atoms in total. The summed E-state index contributed by atoms with van der Waals surface area (Å²) in [6, 6.07) is 14.0. The first kappa shape index (κ1) is 18.6. The number of halogens is 1. The molecule has 0 amide bonds. The molecule has 0 saturated carbocycles. The fourth-order valence-electron chi connectivity index (χ4n) is 1.60. The van der Waals surface area contributed by atoms with Gasteiger partial charge in [0, 0.05) is 3.57 Å². The topological polar surface area (TPSA) is 97.5 Å². The van der Waals surface area contributed by atoms with Gasteiger partial charge >= 0.3 is 5.97 Å². The van der Waals surface area contributed by atoms with Gasteiger partial charge in [-0.3, -0.25) is 4.79 Å². The van der Waals surface area contributed by atoms with Gasteiger partial charge in [0.15, 0.2) is 0 Å². The van der Waals surface area contributed by atoms with Crippen molar-refractivity contribution < 1.29 is 18.3 Å². The van der Waals surface area contributed by atoms with Crippen molar-refractivity contribution in [1.29, 1.82) is 0 Å². The van der Waals surface area contributed by atoms with Crippen LogP contribution in [-0.2, 0) is 21.2 Å². The van der Waals surface area contributed by atoms with Crippen molar-refractivity contribution in [1.82, 2.24) is 0 Å². The first-order valence-corrected chi connectivity index (χ1v) is 8.87. The number of carboxylic acid groups (broad SMARTS) is 1. The van der Waals surface area contributed by atoms with Crippen molar-refractivity contribution in [3.05, 3.63) is 63.2 Å². The Bertz CT molecular complexity index is 760. The minimum atomic E-state index is -3.53. The Morgan fingerprint density at radius 3 is 2.27 bits per heavy atom. The van der Waals surface area contributed by atoms with E-state index < -0.39 is 16.0 Å². The predicted molar refractivity (Wildman–Crippen MR) is 93.1 cm³/mol. The molecule has 0 bridgehead atoms. The lowest BCUT2D eigenvalue weighted by Gasteiger charge is -1.98. The summed E-state index contributed by atoms with van der Waals surface area (Å²) in [5.41, 5.74) is 1.76. The van der Waals surface area contributed by atoms with E-state index in [0.29, 0.717) is 0 Å². The predicted octanol–water partition coefficient (Wildman–Crippen LogP) is 2.56. The molecule has 0 aromatic heterocycles. The number of sulfonamides is 1. The zero-order valence-corrected chi connectivity index (χ0v) is 14.8. The fourth-order valence-corrected chi connectivity index (χ4v) is 2.79. The molecule has 118 valence electrons. The first-order chi connectivity index (χ1) is 10.2. The van der Waals surface area contributed by atoms with E-state index in [1.54, 1.807) is 6.07 Å². The van der Waals surface area contributed by atoms with Gasteiger partial charge in [0.2, 0.25) is 10.0 Å². The van der Waals surface area contributed by atoms with Crippen LogP contribution in [0.25, 0.3) is 0 Å². The molecule has 0 aliphatic rings. The molecule has 0 saturated heterocycles. The van der Waals surface area contributed by atoms with Crippen LogP contribution in [-0.4, -0.2) is 19.5 Å². The summed E-state index contributed by atoms with van der Waals surface area (Å²) in [5, 5.41) is 13.4. The summed E-state index contributed by atoms with van der Waals surface area (Å²) in [6.45, 7) is 1.81. The number of primary sulfonamides is 1. The summed E-state index contributed by atoms with van der Waals surface area (Å²) in [7, 11) is -3.53. The second-order valence-electron chi connectivity index (χ2n) is 4.52. The number of benzene rings is 2. The highest BCUT2D eigenvalue weighted by atomic mass is 127. The average Bonchev–Trinajstić information content (AvgIpc) is 2.41. The smallest absolute Gasteiger partial charge is 0.307 e. The maximum absolute atomic E-state index is 10.8. The van der Waals surface area contributed by atoms with Crippen LogP contribution in [0.4, 0.5) is 0 Å². The largest absolute Gasteiger partial charge is 0.481 e. The van der Waals surface area contributed by atoms with Crippen LogP contribution < -0.4 is 5.14 Å². The lowest BCUT2D eigenvalue weighted by molar-refractivity contribution is -0.136. The van der Waals surface area contributed by atoms with Crippen LogP contribution in [0.3, 0.4) is 0 Å². The molecule has 2 rings (SSSR count). The van der Waals surface area contributed by atoms with Gasteiger partial charge in [-0.1, -0.05) is 30.3 Å². The van der Waals surface area contributed by atoms with Crippen LogP contribution in [0.5, 0.6) is 0 Å². The van der Waals surface area contributed by atoms with Crippen molar-refractivity contribution in [2.75, 3.05) is 0 Å². The highest BCUT2D eigenvalue weighted by Crippen LogP contribution is 2.11. The van der Waals surface area contributed by atoms with Gasteiger partial charge in [-0.05, 0) is 58.8 Å². The minimum Gasteiger partial charge on any atom is -0.481 e. The molecule has 0 aliphatic heterocycles. The third-order valence-electron chi connectivity index (χ3n) is 2.62. The van der Waals surface area contributed by atoms with Crippen LogP contribution in [0.2, 0.25) is 0 Å². The normalized spacial score (nSPS) is 10.5. The Morgan fingerprint density at radius 1 is 1.18 bits per heavy atom. The Kier molecular flexibility index (Phi) is 6.98. The summed E-state index contributed by atoms with van der Waals surface area (Å²) >= 11 is 2.13. The summed E-state index contributed by atoms with van der Waals surface area (Å²) in [4.78, 5) is 10.5. The molecule has 0 spiro atoms. The van der Waals surface area contributed by atoms with Gasteiger partial charge < -0.3 is 5.11 Å². The van der Waals surface area contributed by atoms with E-state index in [1.807, 2.05) is 37.3 Å². The van der Waals surface area contributed by atoms with E-state index in [2.05, 4.69) is 22.6 Å². The number of hydrogen-bond acceptors (Lipinski definition) is 3. The SMILES string of the molecule is Cc1cccc(S(N)(=O)=O)c1.O=C(O)Cc1ccccc1I. The third-order valence-corrected chi connectivity index (χ3v) is 4.58. The van der Waals surface area contributed by atoms with Crippen LogP contribution in [0.15, 0.2) is 53.4 Å². The fraction of sp³-hybridized carbons (Fsp3) is 0.133. The second-order valence-corrected chi connectivity index (χ2v) is 7.25. The van der Waals surface area contributed by atoms with Crippen molar-refractivity contribution in [3.63, 3.8) is 0 Å². The van der Waals surface area contributed by atoms with Crippen LogP contribution >= 0.6 is 22.6 Å². The molecule has 7 heteroatoms. The van der Waals surface area contributed by atoms with E-state index in [4.69, 9.17) is 10.2 Å². The molecule has 0 fully saturated rings. The van der Waals surface area contributed by atoms with E-state index in [9.17, 15) is 13.2 Å². The second kappa shape index (κ2) is 8.25. The standard InChI is InChI=1S/C8H7IO2.C7H9NO2S/c9-7-4-2-1-3-6(7)5-8(10)11;1-6-3-2-4-7(5-6)11(8,9)10/h1-4H,5H2,(H,10,11);2-5H,1H3,(H2,8,9,10). The van der Waals surface area contributed by atoms with Gasteiger partial charge in [-0.25, -0.2) is 13.6 Å². The molecule has 0 atom stereocenters. The minimum absolute atomic E-state index is 0.110. The number of hydrogen-bond donors (Lipinski definition) is 2. The molecular weight excluding hydrogens is 417 g/mol. The zero-order chi connectivity index (χ0) is 16.8. The molecular formula is C15H16INO4S. The lowest BCUT2D eigenvalue weighted by atomic mass is 10.2. The average molecular weight is 433 g/mol. The zero-order valence-electron chi connectivity index (χ0n) is 11.9. The highest BCUT2D eigenvalue weighted by molar-refractivity contribution is 14.1. The number of aliphatic carboxylic acids is 1. The number of carboxylic acids is 1. The Morgan fingerprint density at radius 2 is 1.82 bits per heavy atom. The number of carbonyl (C=O) groups is 1. The summed E-state index contributed by atoms with van der Waals surface area (Å²) in [6.07, 6.45) is 0.110. The Hall–Kier alpha value is -1.45. The van der Waals surface area contributed by atoms with Crippen molar-refractivity contribution in [2.24, 2.45) is 5.14 Å². The monoisotopic (exact) mass is 433 g/mol. The number of nitrogens with two attached hydrogens (primary N) is 1. The van der Waals surface area contributed by atoms with Gasteiger partial charge in [-0.15, -0.1) is 0 Å². The number of rotatable bonds is 3. The highest BCUT2D eigenvalue weighted by Gasteiger charge is 2.05. The van der Waals surface area contributed by atoms with Crippen LogP contribution in [0, 0.1) is 10.5 Å². The number of aryl methyl sites for hydroxylation is 1. The van der Waals surface area contributed by atoms with Crippen LogP contribution in [0.1, 0.15) is 11.1 Å². The Labute approximate surface area is 143 Å². The first-order valence-electron chi connectivity index (χ1n) is 6.25. The molecule has 0 radical (unpaired) electrons. The van der Waals surface area contributed by atoms with Crippen molar-refractivity contribution in [3.8, 4) is 0 Å². The quantitative estimate of drug-likeness (QED) is 0.728. The molecule has 0 unspecified atom stereocenters. The van der Waals surface area contributed by atoms with E-state index in [1.165, 1.54) is 12.1 Å². The van der Waals surface area contributed by atoms with Gasteiger partial charge in [-0.2, -0.15) is 0 Å². The van der Waals surface area contributed by atoms with Gasteiger partial charge in [0.1, 0.15) is 0 Å². The third kappa shape index (κ3) is 6.54. The molecule has 2 aromatic rings.